The van der Waals surface area contributed by atoms with E-state index in [9.17, 15) is 19.5 Å². The third-order valence-corrected chi connectivity index (χ3v) is 13.8. The Kier molecular flexibility index (Phi) is 9.32. The van der Waals surface area contributed by atoms with E-state index in [-0.39, 0.29) is 42.7 Å². The molecule has 1 saturated heterocycles. The Hall–Kier alpha value is -4.10. The van der Waals surface area contributed by atoms with Crippen molar-refractivity contribution in [3.63, 3.8) is 0 Å². The lowest BCUT2D eigenvalue weighted by Crippen LogP contribution is -2.48. The molecule has 0 saturated carbocycles. The first-order valence-electron chi connectivity index (χ1n) is 17.2. The van der Waals surface area contributed by atoms with Gasteiger partial charge in [0.2, 0.25) is 14.3 Å². The Balaban J connectivity index is 1.23. The molecule has 1 fully saturated rings. The molecule has 3 aliphatic heterocycles. The predicted octanol–water partition coefficient (Wildman–Crippen LogP) is 6.27. The Morgan fingerprint density at radius 1 is 1.06 bits per heavy atom. The second kappa shape index (κ2) is 13.5. The summed E-state index contributed by atoms with van der Waals surface area (Å²) in [5.41, 5.74) is 2.30. The van der Waals surface area contributed by atoms with Gasteiger partial charge >= 0.3 is 0 Å². The predicted molar refractivity (Wildman–Crippen MR) is 198 cm³/mol. The fourth-order valence-corrected chi connectivity index (χ4v) is 11.4. The van der Waals surface area contributed by atoms with Crippen molar-refractivity contribution in [3.8, 4) is 11.4 Å². The summed E-state index contributed by atoms with van der Waals surface area (Å²) >= 11 is 3.59. The molecule has 0 unspecified atom stereocenters. The first-order valence-corrected chi connectivity index (χ1v) is 20.9. The number of amides is 2. The minimum atomic E-state index is -3.53. The van der Waals surface area contributed by atoms with Crippen LogP contribution >= 0.6 is 15.9 Å². The monoisotopic (exact) mass is 773 g/mol. The fraction of sp³-hybridized carbons (Fsp3) is 0.359. The van der Waals surface area contributed by atoms with Gasteiger partial charge in [0.1, 0.15) is 0 Å². The van der Waals surface area contributed by atoms with Gasteiger partial charge in [-0.2, -0.15) is 0 Å². The lowest BCUT2D eigenvalue weighted by atomic mass is 9.82. The molecule has 7 rings (SSSR count). The Morgan fingerprint density at radius 3 is 2.55 bits per heavy atom. The summed E-state index contributed by atoms with van der Waals surface area (Å²) in [7, 11) is -2.08. The van der Waals surface area contributed by atoms with Gasteiger partial charge in [0.05, 0.1) is 44.5 Å². The molecule has 0 radical (unpaired) electrons. The van der Waals surface area contributed by atoms with Crippen LogP contribution in [0, 0.1) is 5.92 Å². The number of aliphatic hydroxyl groups excluding tert-OH is 1. The van der Waals surface area contributed by atoms with Gasteiger partial charge in [-0.3, -0.25) is 19.0 Å². The summed E-state index contributed by atoms with van der Waals surface area (Å²) in [5, 5.41) is 10.3. The maximum Gasteiger partial charge on any atom is 0.297 e. The first kappa shape index (κ1) is 35.3. The number of ether oxygens (including phenoxy) is 2. The molecule has 4 aromatic rings. The SMILES string of the molecule is COc1cccn(-c2cccc(CN3C(=O)[C@@]4(O[C@@H](CC(=O)N5Cc6ccccc6C[C@H]5CO)[C@H]([Si](C)(C)F)[C@H]4C)c4cc(Br)ccc43)c2)c1=O. The van der Waals surface area contributed by atoms with E-state index in [0.717, 1.165) is 21.2 Å². The molecule has 51 heavy (non-hydrogen) atoms. The van der Waals surface area contributed by atoms with Crippen LogP contribution in [0.2, 0.25) is 18.6 Å². The van der Waals surface area contributed by atoms with Crippen molar-refractivity contribution in [2.45, 2.75) is 69.2 Å². The third-order valence-electron chi connectivity index (χ3n) is 10.8. The zero-order chi connectivity index (χ0) is 36.2. The highest BCUT2D eigenvalue weighted by atomic mass is 79.9. The molecule has 266 valence electrons. The van der Waals surface area contributed by atoms with Crippen LogP contribution < -0.4 is 15.2 Å². The van der Waals surface area contributed by atoms with Crippen LogP contribution in [-0.4, -0.2) is 60.7 Å². The highest BCUT2D eigenvalue weighted by molar-refractivity contribution is 9.10. The maximum absolute atomic E-state index is 16.5. The smallest absolute Gasteiger partial charge is 0.297 e. The molecule has 12 heteroatoms. The standard InChI is InChI=1S/C39H41BrFN3O6Si/c1-24-36(51(3,4)41)34(20-35(46)43-22-27-11-6-5-10-26(27)18-30(43)23-45)50-39(24)31-19-28(40)14-15-32(31)44(38(39)48)21-25-9-7-12-29(17-25)42-16-8-13-33(49-2)37(42)47/h5-17,19,24,30,34,36,45H,18,20-23H2,1-4H3/t24-,30+,34+,36-,39+/m1/s1. The highest BCUT2D eigenvalue weighted by Gasteiger charge is 2.67. The van der Waals surface area contributed by atoms with Crippen LogP contribution in [-0.2, 0) is 39.4 Å². The van der Waals surface area contributed by atoms with Crippen LogP contribution in [0.4, 0.5) is 9.80 Å². The Morgan fingerprint density at radius 2 is 1.82 bits per heavy atom. The van der Waals surface area contributed by atoms with E-state index in [1.54, 1.807) is 41.2 Å². The fourth-order valence-electron chi connectivity index (χ4n) is 8.53. The molecule has 1 aromatic heterocycles. The van der Waals surface area contributed by atoms with E-state index in [0.29, 0.717) is 29.9 Å². The van der Waals surface area contributed by atoms with Crippen molar-refractivity contribution in [2.75, 3.05) is 18.6 Å². The average Bonchev–Trinajstić information content (AvgIpc) is 3.53. The summed E-state index contributed by atoms with van der Waals surface area (Å²) in [6, 6.07) is 23.8. The number of rotatable bonds is 8. The van der Waals surface area contributed by atoms with Gasteiger partial charge in [0.15, 0.2) is 11.4 Å². The molecule has 1 N–H and O–H groups in total. The maximum atomic E-state index is 16.5. The Labute approximate surface area is 305 Å². The van der Waals surface area contributed by atoms with E-state index in [1.807, 2.05) is 73.7 Å². The second-order valence-corrected chi connectivity index (χ2v) is 19.0. The second-order valence-electron chi connectivity index (χ2n) is 14.3. The summed E-state index contributed by atoms with van der Waals surface area (Å²) in [6.07, 6.45) is 1.23. The number of fused-ring (bicyclic) bond motifs is 3. The van der Waals surface area contributed by atoms with Crippen molar-refractivity contribution in [1.82, 2.24) is 9.47 Å². The average molecular weight is 775 g/mol. The number of benzene rings is 3. The minimum Gasteiger partial charge on any atom is -0.491 e. The highest BCUT2D eigenvalue weighted by Crippen LogP contribution is 2.60. The number of carbonyl (C=O) groups excluding carboxylic acids is 2. The number of aromatic nitrogens is 1. The zero-order valence-electron chi connectivity index (χ0n) is 29.0. The van der Waals surface area contributed by atoms with Gasteiger partial charge < -0.3 is 28.5 Å². The van der Waals surface area contributed by atoms with Gasteiger partial charge in [0.25, 0.3) is 11.5 Å². The molecule has 5 atom stereocenters. The first-order chi connectivity index (χ1) is 24.4. The number of carbonyl (C=O) groups is 2. The van der Waals surface area contributed by atoms with E-state index >= 15 is 4.11 Å². The van der Waals surface area contributed by atoms with E-state index in [2.05, 4.69) is 15.9 Å². The van der Waals surface area contributed by atoms with Crippen LogP contribution in [0.5, 0.6) is 5.75 Å². The molecule has 0 bridgehead atoms. The van der Waals surface area contributed by atoms with E-state index in [4.69, 9.17) is 9.47 Å². The number of anilines is 1. The zero-order valence-corrected chi connectivity index (χ0v) is 31.6. The van der Waals surface area contributed by atoms with Crippen LogP contribution in [0.1, 0.15) is 35.6 Å². The van der Waals surface area contributed by atoms with Crippen LogP contribution in [0.3, 0.4) is 0 Å². The largest absolute Gasteiger partial charge is 0.491 e. The van der Waals surface area contributed by atoms with Crippen LogP contribution in [0.15, 0.2) is 94.3 Å². The summed E-state index contributed by atoms with van der Waals surface area (Å²) < 4.78 is 30.8. The summed E-state index contributed by atoms with van der Waals surface area (Å²) in [6.45, 7) is 5.44. The molecule has 4 heterocycles. The summed E-state index contributed by atoms with van der Waals surface area (Å²) in [5.74, 6) is -0.914. The molecular formula is C39H41BrFN3O6Si. The van der Waals surface area contributed by atoms with Crippen molar-refractivity contribution in [3.05, 3.63) is 122 Å². The molecule has 2 amide bonds. The van der Waals surface area contributed by atoms with Gasteiger partial charge in [-0.25, -0.2) is 0 Å². The van der Waals surface area contributed by atoms with Gasteiger partial charge in [-0.1, -0.05) is 59.3 Å². The lowest BCUT2D eigenvalue weighted by Gasteiger charge is -2.37. The number of hydrogen-bond donors (Lipinski definition) is 1. The van der Waals surface area contributed by atoms with Gasteiger partial charge in [-0.15, -0.1) is 0 Å². The van der Waals surface area contributed by atoms with Crippen molar-refractivity contribution in [1.29, 1.82) is 0 Å². The number of aliphatic hydroxyl groups is 1. The third kappa shape index (κ3) is 6.05. The Bertz CT molecular complexity index is 2070. The number of hydrogen-bond acceptors (Lipinski definition) is 6. The van der Waals surface area contributed by atoms with Crippen molar-refractivity contribution in [2.24, 2.45) is 5.92 Å². The number of pyridine rings is 1. The molecule has 3 aromatic carbocycles. The van der Waals surface area contributed by atoms with Gasteiger partial charge in [0, 0.05) is 39.9 Å². The molecule has 9 nitrogen and oxygen atoms in total. The van der Waals surface area contributed by atoms with E-state index in [1.165, 1.54) is 11.7 Å². The van der Waals surface area contributed by atoms with Gasteiger partial charge in [-0.05, 0) is 78.7 Å². The number of nitrogens with zero attached hydrogens (tertiary/aromatic N) is 3. The summed E-state index contributed by atoms with van der Waals surface area (Å²) in [4.78, 5) is 45.4. The molecule has 0 aliphatic carbocycles. The molecular weight excluding hydrogens is 733 g/mol. The normalized spacial score (nSPS) is 24.2. The lowest BCUT2D eigenvalue weighted by molar-refractivity contribution is -0.151. The van der Waals surface area contributed by atoms with Crippen LogP contribution in [0.25, 0.3) is 5.69 Å². The van der Waals surface area contributed by atoms with Crippen molar-refractivity contribution < 1.29 is 28.3 Å². The number of methoxy groups -OCH3 is 1. The quantitative estimate of drug-likeness (QED) is 0.168. The number of halogens is 2. The van der Waals surface area contributed by atoms with Crippen molar-refractivity contribution >= 4 is 41.8 Å². The molecule has 1 spiro atoms. The minimum absolute atomic E-state index is 0.107. The topological polar surface area (TPSA) is 101 Å². The molecule has 3 aliphatic rings. The van der Waals surface area contributed by atoms with E-state index < -0.39 is 37.6 Å².